The van der Waals surface area contributed by atoms with Gasteiger partial charge in [0, 0.05) is 6.61 Å². The number of unbranched alkanes of at least 4 members (excludes halogenated alkanes) is 1. The van der Waals surface area contributed by atoms with Crippen molar-refractivity contribution in [3.8, 4) is 11.5 Å². The summed E-state index contributed by atoms with van der Waals surface area (Å²) in [6.45, 7) is 3.42. The minimum atomic E-state index is 0.219. The maximum Gasteiger partial charge on any atom is 0.161 e. The Hall–Kier alpha value is -1.22. The van der Waals surface area contributed by atoms with E-state index in [1.165, 1.54) is 0 Å². The lowest BCUT2D eigenvalue weighted by Crippen LogP contribution is -2.01. The van der Waals surface area contributed by atoms with Gasteiger partial charge in [0.1, 0.15) is 0 Å². The van der Waals surface area contributed by atoms with E-state index in [1.807, 2.05) is 31.2 Å². The predicted octanol–water partition coefficient (Wildman–Crippen LogP) is 2.24. The number of para-hydroxylation sites is 2. The molecule has 0 fully saturated rings. The Labute approximate surface area is 90.6 Å². The third kappa shape index (κ3) is 4.21. The van der Waals surface area contributed by atoms with Crippen LogP contribution in [0.3, 0.4) is 0 Å². The molecule has 1 N–H and O–H groups in total. The molecule has 0 saturated heterocycles. The Bertz CT molecular complexity index is 273. The second kappa shape index (κ2) is 7.12. The zero-order valence-corrected chi connectivity index (χ0v) is 9.11. The maximum atomic E-state index is 8.62. The highest BCUT2D eigenvalue weighted by atomic mass is 16.5. The number of aliphatic hydroxyl groups is 1. The first-order valence-electron chi connectivity index (χ1n) is 5.34. The van der Waals surface area contributed by atoms with E-state index in [1.54, 1.807) is 0 Å². The molecular weight excluding hydrogens is 192 g/mol. The van der Waals surface area contributed by atoms with Gasteiger partial charge in [0.2, 0.25) is 0 Å². The Kier molecular flexibility index (Phi) is 5.63. The SMILES string of the molecule is CCOc1ccccc1OCCCCO. The van der Waals surface area contributed by atoms with Crippen molar-refractivity contribution in [2.75, 3.05) is 19.8 Å². The summed E-state index contributed by atoms with van der Waals surface area (Å²) in [6, 6.07) is 7.63. The van der Waals surface area contributed by atoms with Crippen LogP contribution in [0.2, 0.25) is 0 Å². The minimum Gasteiger partial charge on any atom is -0.490 e. The standard InChI is InChI=1S/C12H18O3/c1-2-14-11-7-3-4-8-12(11)15-10-6-5-9-13/h3-4,7-8,13H,2,5-6,9-10H2,1H3. The number of hydrogen-bond acceptors (Lipinski definition) is 3. The number of rotatable bonds is 7. The molecule has 0 aliphatic rings. The van der Waals surface area contributed by atoms with Gasteiger partial charge < -0.3 is 14.6 Å². The molecule has 1 rings (SSSR count). The van der Waals surface area contributed by atoms with Gasteiger partial charge in [-0.05, 0) is 31.9 Å². The average Bonchev–Trinajstić information content (AvgIpc) is 2.27. The van der Waals surface area contributed by atoms with E-state index in [0.29, 0.717) is 13.2 Å². The second-order valence-corrected chi connectivity index (χ2v) is 3.16. The van der Waals surface area contributed by atoms with Gasteiger partial charge in [0.15, 0.2) is 11.5 Å². The summed E-state index contributed by atoms with van der Waals surface area (Å²) in [6.07, 6.45) is 1.63. The van der Waals surface area contributed by atoms with Crippen molar-refractivity contribution in [2.24, 2.45) is 0 Å². The van der Waals surface area contributed by atoms with E-state index in [4.69, 9.17) is 14.6 Å². The topological polar surface area (TPSA) is 38.7 Å². The highest BCUT2D eigenvalue weighted by Crippen LogP contribution is 2.26. The van der Waals surface area contributed by atoms with Crippen molar-refractivity contribution >= 4 is 0 Å². The van der Waals surface area contributed by atoms with Crippen molar-refractivity contribution in [3.05, 3.63) is 24.3 Å². The van der Waals surface area contributed by atoms with Crippen LogP contribution in [-0.4, -0.2) is 24.9 Å². The molecule has 0 spiro atoms. The van der Waals surface area contributed by atoms with Crippen LogP contribution < -0.4 is 9.47 Å². The van der Waals surface area contributed by atoms with Crippen molar-refractivity contribution in [3.63, 3.8) is 0 Å². The van der Waals surface area contributed by atoms with Crippen molar-refractivity contribution in [1.29, 1.82) is 0 Å². The van der Waals surface area contributed by atoms with Gasteiger partial charge in [-0.1, -0.05) is 12.1 Å². The first kappa shape index (κ1) is 11.9. The molecule has 15 heavy (non-hydrogen) atoms. The Morgan fingerprint density at radius 2 is 1.73 bits per heavy atom. The molecule has 0 aromatic heterocycles. The normalized spacial score (nSPS) is 10.0. The van der Waals surface area contributed by atoms with Crippen molar-refractivity contribution in [2.45, 2.75) is 19.8 Å². The van der Waals surface area contributed by atoms with Gasteiger partial charge in [-0.15, -0.1) is 0 Å². The Morgan fingerprint density at radius 1 is 1.07 bits per heavy atom. The molecule has 0 aliphatic heterocycles. The molecular formula is C12H18O3. The molecule has 1 aromatic rings. The number of hydrogen-bond donors (Lipinski definition) is 1. The van der Waals surface area contributed by atoms with Gasteiger partial charge >= 0.3 is 0 Å². The number of benzene rings is 1. The molecule has 0 unspecified atom stereocenters. The molecule has 3 nitrogen and oxygen atoms in total. The molecule has 0 atom stereocenters. The smallest absolute Gasteiger partial charge is 0.161 e. The molecule has 0 aliphatic carbocycles. The van der Waals surface area contributed by atoms with E-state index in [0.717, 1.165) is 24.3 Å². The van der Waals surface area contributed by atoms with Gasteiger partial charge in [0.05, 0.1) is 13.2 Å². The summed E-state index contributed by atoms with van der Waals surface area (Å²) >= 11 is 0. The summed E-state index contributed by atoms with van der Waals surface area (Å²) in [5, 5.41) is 8.62. The lowest BCUT2D eigenvalue weighted by molar-refractivity contribution is 0.243. The van der Waals surface area contributed by atoms with Crippen LogP contribution in [0, 0.1) is 0 Å². The first-order valence-corrected chi connectivity index (χ1v) is 5.34. The van der Waals surface area contributed by atoms with Crippen LogP contribution in [0.15, 0.2) is 24.3 Å². The van der Waals surface area contributed by atoms with E-state index in [-0.39, 0.29) is 6.61 Å². The van der Waals surface area contributed by atoms with Crippen LogP contribution in [0.5, 0.6) is 11.5 Å². The highest BCUT2D eigenvalue weighted by Gasteiger charge is 2.02. The van der Waals surface area contributed by atoms with Gasteiger partial charge in [0.25, 0.3) is 0 Å². The molecule has 0 heterocycles. The Balaban J connectivity index is 2.44. The number of aliphatic hydroxyl groups excluding tert-OH is 1. The zero-order chi connectivity index (χ0) is 10.9. The molecule has 84 valence electrons. The number of ether oxygens (including phenoxy) is 2. The molecule has 0 bridgehead atoms. The summed E-state index contributed by atoms with van der Waals surface area (Å²) in [5.74, 6) is 1.56. The summed E-state index contributed by atoms with van der Waals surface area (Å²) in [7, 11) is 0. The summed E-state index contributed by atoms with van der Waals surface area (Å²) in [4.78, 5) is 0. The molecule has 1 aromatic carbocycles. The fourth-order valence-corrected chi connectivity index (χ4v) is 1.24. The third-order valence-corrected chi connectivity index (χ3v) is 1.96. The van der Waals surface area contributed by atoms with E-state index < -0.39 is 0 Å². The van der Waals surface area contributed by atoms with E-state index >= 15 is 0 Å². The van der Waals surface area contributed by atoms with Gasteiger partial charge in [-0.2, -0.15) is 0 Å². The molecule has 0 radical (unpaired) electrons. The van der Waals surface area contributed by atoms with Crippen molar-refractivity contribution in [1.82, 2.24) is 0 Å². The maximum absolute atomic E-state index is 8.62. The van der Waals surface area contributed by atoms with E-state index in [2.05, 4.69) is 0 Å². The highest BCUT2D eigenvalue weighted by molar-refractivity contribution is 5.39. The second-order valence-electron chi connectivity index (χ2n) is 3.16. The molecule has 0 amide bonds. The largest absolute Gasteiger partial charge is 0.490 e. The van der Waals surface area contributed by atoms with E-state index in [9.17, 15) is 0 Å². The fraction of sp³-hybridized carbons (Fsp3) is 0.500. The lowest BCUT2D eigenvalue weighted by atomic mass is 10.3. The van der Waals surface area contributed by atoms with Crippen molar-refractivity contribution < 1.29 is 14.6 Å². The third-order valence-electron chi connectivity index (χ3n) is 1.96. The fourth-order valence-electron chi connectivity index (χ4n) is 1.24. The minimum absolute atomic E-state index is 0.219. The van der Waals surface area contributed by atoms with Gasteiger partial charge in [-0.25, -0.2) is 0 Å². The average molecular weight is 210 g/mol. The van der Waals surface area contributed by atoms with Crippen LogP contribution >= 0.6 is 0 Å². The first-order chi connectivity index (χ1) is 7.38. The van der Waals surface area contributed by atoms with Crippen LogP contribution in [0.1, 0.15) is 19.8 Å². The summed E-state index contributed by atoms with van der Waals surface area (Å²) < 4.78 is 11.0. The van der Waals surface area contributed by atoms with Gasteiger partial charge in [-0.3, -0.25) is 0 Å². The zero-order valence-electron chi connectivity index (χ0n) is 9.11. The lowest BCUT2D eigenvalue weighted by Gasteiger charge is -2.10. The molecule has 3 heteroatoms. The Morgan fingerprint density at radius 3 is 2.33 bits per heavy atom. The van der Waals surface area contributed by atoms with Crippen LogP contribution in [-0.2, 0) is 0 Å². The monoisotopic (exact) mass is 210 g/mol. The predicted molar refractivity (Wildman–Crippen MR) is 59.4 cm³/mol. The summed E-state index contributed by atoms with van der Waals surface area (Å²) in [5.41, 5.74) is 0. The quantitative estimate of drug-likeness (QED) is 0.701. The van der Waals surface area contributed by atoms with Crippen LogP contribution in [0.25, 0.3) is 0 Å². The van der Waals surface area contributed by atoms with Crippen LogP contribution in [0.4, 0.5) is 0 Å². The molecule has 0 saturated carbocycles.